The molecule has 30 heavy (non-hydrogen) atoms. The van der Waals surface area contributed by atoms with Gasteiger partial charge in [0.1, 0.15) is 6.04 Å². The van der Waals surface area contributed by atoms with Crippen LogP contribution in [0.15, 0.2) is 5.10 Å². The second-order valence-electron chi connectivity index (χ2n) is 9.13. The number of hydrogen-bond acceptors (Lipinski definition) is 6. The van der Waals surface area contributed by atoms with Gasteiger partial charge in [-0.1, -0.05) is 31.0 Å². The van der Waals surface area contributed by atoms with Crippen molar-refractivity contribution in [3.05, 3.63) is 0 Å². The fraction of sp³-hybridized carbons (Fsp3) is 0.810. The molecule has 3 aliphatic rings. The summed E-state index contributed by atoms with van der Waals surface area (Å²) >= 11 is 1.54. The Labute approximate surface area is 182 Å². The van der Waals surface area contributed by atoms with Crippen LogP contribution in [-0.4, -0.2) is 65.3 Å². The number of hydrazone groups is 1. The number of hydrogen-bond donors (Lipinski definition) is 2. The normalized spacial score (nSPS) is 25.2. The first-order chi connectivity index (χ1) is 14.3. The number of carbonyl (C=O) groups is 3. The fourth-order valence-corrected chi connectivity index (χ4v) is 5.41. The van der Waals surface area contributed by atoms with Gasteiger partial charge < -0.3 is 15.0 Å². The molecule has 0 aromatic carbocycles. The molecule has 2 N–H and O–H groups in total. The van der Waals surface area contributed by atoms with Gasteiger partial charge >= 0.3 is 5.91 Å². The number of amides is 2. The Morgan fingerprint density at radius 2 is 1.80 bits per heavy atom. The van der Waals surface area contributed by atoms with Gasteiger partial charge in [0, 0.05) is 37.5 Å². The number of ether oxygens (including phenoxy) is 1. The molecule has 3 fully saturated rings. The predicted octanol–water partition coefficient (Wildman–Crippen LogP) is 1.89. The Kier molecular flexibility index (Phi) is 7.79. The molecule has 0 aromatic heterocycles. The molecule has 1 saturated carbocycles. The zero-order valence-corrected chi connectivity index (χ0v) is 19.1. The average molecular weight is 439 g/mol. The summed E-state index contributed by atoms with van der Waals surface area (Å²) in [5, 5.41) is 7.76. The standard InChI is InChI=1S/C21H34N4O4S/c1-21(2)13-30-20(25(21)3)24-23-19(28)17(26)16(14-9-11-29-12-10-14)22-18(27)15-7-5-4-6-8-15/h14-16H,4-13H2,1-3H3,(H,22,27)(H,23,28)/b24-20-. The minimum absolute atomic E-state index is 0.0587. The van der Waals surface area contributed by atoms with Crippen molar-refractivity contribution in [2.75, 3.05) is 26.0 Å². The first-order valence-electron chi connectivity index (χ1n) is 11.0. The molecule has 2 aliphatic heterocycles. The van der Waals surface area contributed by atoms with E-state index in [0.717, 1.165) is 37.9 Å². The zero-order chi connectivity index (χ0) is 21.7. The molecule has 0 radical (unpaired) electrons. The number of Topliss-reactive ketones (excluding diaryl/α,β-unsaturated/α-hetero) is 1. The molecule has 1 unspecified atom stereocenters. The van der Waals surface area contributed by atoms with E-state index in [-0.39, 0.29) is 23.3 Å². The molecule has 9 heteroatoms. The van der Waals surface area contributed by atoms with Crippen LogP contribution < -0.4 is 10.7 Å². The van der Waals surface area contributed by atoms with Crippen LogP contribution in [0, 0.1) is 11.8 Å². The van der Waals surface area contributed by atoms with Crippen molar-refractivity contribution in [3.63, 3.8) is 0 Å². The zero-order valence-electron chi connectivity index (χ0n) is 18.2. The van der Waals surface area contributed by atoms with Crippen molar-refractivity contribution in [2.45, 2.75) is 70.4 Å². The Hall–Kier alpha value is -1.61. The summed E-state index contributed by atoms with van der Waals surface area (Å²) in [5.41, 5.74) is 2.36. The summed E-state index contributed by atoms with van der Waals surface area (Å²) in [6, 6.07) is -0.825. The van der Waals surface area contributed by atoms with Crippen molar-refractivity contribution in [1.82, 2.24) is 15.6 Å². The van der Waals surface area contributed by atoms with E-state index in [2.05, 4.69) is 29.7 Å². The van der Waals surface area contributed by atoms with Crippen LogP contribution >= 0.6 is 11.8 Å². The Balaban J connectivity index is 1.66. The number of carbonyl (C=O) groups excluding carboxylic acids is 3. The van der Waals surface area contributed by atoms with E-state index < -0.39 is 17.7 Å². The third kappa shape index (κ3) is 5.55. The quantitative estimate of drug-likeness (QED) is 0.485. The Morgan fingerprint density at radius 3 is 2.40 bits per heavy atom. The summed E-state index contributed by atoms with van der Waals surface area (Å²) in [7, 11) is 1.92. The smallest absolute Gasteiger partial charge is 0.309 e. The highest BCUT2D eigenvalue weighted by molar-refractivity contribution is 8.14. The number of rotatable bonds is 6. The lowest BCUT2D eigenvalue weighted by molar-refractivity contribution is -0.142. The van der Waals surface area contributed by atoms with E-state index in [1.165, 1.54) is 0 Å². The van der Waals surface area contributed by atoms with Gasteiger partial charge in [0.15, 0.2) is 5.17 Å². The van der Waals surface area contributed by atoms with Gasteiger partial charge in [0.2, 0.25) is 11.7 Å². The van der Waals surface area contributed by atoms with Crippen molar-refractivity contribution in [2.24, 2.45) is 16.9 Å². The molecule has 3 rings (SSSR count). The maximum absolute atomic E-state index is 13.0. The molecular weight excluding hydrogens is 404 g/mol. The highest BCUT2D eigenvalue weighted by atomic mass is 32.2. The largest absolute Gasteiger partial charge is 0.381 e. The summed E-state index contributed by atoms with van der Waals surface area (Å²) in [5.74, 6) is -0.815. The molecule has 0 aromatic rings. The SMILES string of the molecule is CN1/C(=N/NC(=O)C(=O)C(NC(=O)C2CCCCC2)C2CCOCC2)SCC1(C)C. The first-order valence-corrected chi connectivity index (χ1v) is 11.9. The van der Waals surface area contributed by atoms with Crippen LogP contribution in [0.2, 0.25) is 0 Å². The van der Waals surface area contributed by atoms with E-state index in [9.17, 15) is 14.4 Å². The molecule has 2 saturated heterocycles. The molecule has 2 amide bonds. The second kappa shape index (κ2) is 10.1. The monoisotopic (exact) mass is 438 g/mol. The molecule has 2 heterocycles. The van der Waals surface area contributed by atoms with Crippen molar-refractivity contribution in [1.29, 1.82) is 0 Å². The number of thioether (sulfide) groups is 1. The molecule has 1 atom stereocenters. The molecule has 0 spiro atoms. The Morgan fingerprint density at radius 1 is 1.13 bits per heavy atom. The van der Waals surface area contributed by atoms with E-state index in [0.29, 0.717) is 31.2 Å². The van der Waals surface area contributed by atoms with Gasteiger partial charge in [0.05, 0.1) is 0 Å². The van der Waals surface area contributed by atoms with Gasteiger partial charge in [-0.15, -0.1) is 5.10 Å². The van der Waals surface area contributed by atoms with Gasteiger partial charge in [-0.2, -0.15) is 0 Å². The molecular formula is C21H34N4O4S. The number of amidine groups is 1. The van der Waals surface area contributed by atoms with Gasteiger partial charge in [-0.25, -0.2) is 5.43 Å². The van der Waals surface area contributed by atoms with Gasteiger partial charge in [0.25, 0.3) is 0 Å². The van der Waals surface area contributed by atoms with Crippen LogP contribution in [0.1, 0.15) is 58.8 Å². The first kappa shape index (κ1) is 23.1. The van der Waals surface area contributed by atoms with E-state index >= 15 is 0 Å². The maximum Gasteiger partial charge on any atom is 0.309 e. The van der Waals surface area contributed by atoms with E-state index in [1.807, 2.05) is 11.9 Å². The lowest BCUT2D eigenvalue weighted by atomic mass is 9.85. The minimum atomic E-state index is -0.825. The predicted molar refractivity (Wildman–Crippen MR) is 117 cm³/mol. The van der Waals surface area contributed by atoms with Crippen molar-refractivity contribution >= 4 is 34.5 Å². The highest BCUT2D eigenvalue weighted by Crippen LogP contribution is 2.30. The minimum Gasteiger partial charge on any atom is -0.381 e. The summed E-state index contributed by atoms with van der Waals surface area (Å²) in [6.45, 7) is 5.26. The topological polar surface area (TPSA) is 100 Å². The molecule has 8 nitrogen and oxygen atoms in total. The molecule has 1 aliphatic carbocycles. The molecule has 168 valence electrons. The highest BCUT2D eigenvalue weighted by Gasteiger charge is 2.37. The van der Waals surface area contributed by atoms with Gasteiger partial charge in [-0.3, -0.25) is 14.4 Å². The summed E-state index contributed by atoms with van der Waals surface area (Å²) in [4.78, 5) is 40.4. The van der Waals surface area contributed by atoms with E-state index in [1.54, 1.807) is 11.8 Å². The van der Waals surface area contributed by atoms with Crippen LogP contribution in [0.3, 0.4) is 0 Å². The van der Waals surface area contributed by atoms with E-state index in [4.69, 9.17) is 4.74 Å². The maximum atomic E-state index is 13.0. The van der Waals surface area contributed by atoms with Crippen LogP contribution in [0.25, 0.3) is 0 Å². The molecule has 0 bridgehead atoms. The van der Waals surface area contributed by atoms with Crippen molar-refractivity contribution in [3.8, 4) is 0 Å². The Bertz CT molecular complexity index is 684. The average Bonchev–Trinajstić information content (AvgIpc) is 3.03. The number of nitrogens with one attached hydrogen (secondary N) is 2. The lowest BCUT2D eigenvalue weighted by Gasteiger charge is -2.31. The van der Waals surface area contributed by atoms with Gasteiger partial charge in [-0.05, 0) is 45.4 Å². The summed E-state index contributed by atoms with van der Waals surface area (Å²) < 4.78 is 5.40. The lowest BCUT2D eigenvalue weighted by Crippen LogP contribution is -2.53. The number of nitrogens with zero attached hydrogens (tertiary/aromatic N) is 2. The number of ketones is 1. The third-order valence-corrected chi connectivity index (χ3v) is 7.99. The van der Waals surface area contributed by atoms with Crippen LogP contribution in [0.4, 0.5) is 0 Å². The second-order valence-corrected chi connectivity index (χ2v) is 10.1. The summed E-state index contributed by atoms with van der Waals surface area (Å²) in [6.07, 6.45) is 6.21. The van der Waals surface area contributed by atoms with Crippen LogP contribution in [0.5, 0.6) is 0 Å². The fourth-order valence-electron chi connectivity index (χ4n) is 4.18. The van der Waals surface area contributed by atoms with Crippen molar-refractivity contribution < 1.29 is 19.1 Å². The third-order valence-electron chi connectivity index (χ3n) is 6.52. The van der Waals surface area contributed by atoms with Crippen LogP contribution in [-0.2, 0) is 19.1 Å².